The molecule has 1 heterocycles. The van der Waals surface area contributed by atoms with Gasteiger partial charge in [0.05, 0.1) is 0 Å². The van der Waals surface area contributed by atoms with E-state index in [1.54, 1.807) is 11.8 Å². The average molecular weight is 242 g/mol. The molecule has 0 aromatic heterocycles. The normalized spacial score (nSPS) is 19.8. The first-order chi connectivity index (χ1) is 8.06. The average Bonchev–Trinajstić information content (AvgIpc) is 2.50. The fraction of sp³-hybridized carbons (Fsp3) is 0.833. The van der Waals surface area contributed by atoms with Crippen LogP contribution in [0.5, 0.6) is 0 Å². The predicted octanol–water partition coefficient (Wildman–Crippen LogP) is 0.794. The maximum Gasteiger partial charge on any atom is 0.320 e. The van der Waals surface area contributed by atoms with E-state index in [9.17, 15) is 14.7 Å². The van der Waals surface area contributed by atoms with Crippen LogP contribution >= 0.6 is 0 Å². The van der Waals surface area contributed by atoms with Crippen LogP contribution in [0, 0.1) is 0 Å². The first-order valence-corrected chi connectivity index (χ1v) is 6.28. The molecule has 0 radical (unpaired) electrons. The summed E-state index contributed by atoms with van der Waals surface area (Å²) in [5.74, 6) is -0.669. The van der Waals surface area contributed by atoms with Crippen LogP contribution in [0.3, 0.4) is 0 Å². The zero-order chi connectivity index (χ0) is 12.8. The molecule has 0 spiro atoms. The lowest BCUT2D eigenvalue weighted by Gasteiger charge is -2.27. The first-order valence-electron chi connectivity index (χ1n) is 6.28. The summed E-state index contributed by atoms with van der Waals surface area (Å²) in [4.78, 5) is 26.3. The summed E-state index contributed by atoms with van der Waals surface area (Å²) in [5.41, 5.74) is 0. The van der Waals surface area contributed by atoms with Gasteiger partial charge in [0.1, 0.15) is 6.04 Å². The standard InChI is InChI=1S/C12H22N2O3/c1-3-5-11(12(16)17)14-7-4-6-13(8-9-14)10(2)15/h11H,3-9H2,1-2H3,(H,16,17). The van der Waals surface area contributed by atoms with E-state index in [-0.39, 0.29) is 5.91 Å². The molecule has 1 N–H and O–H groups in total. The van der Waals surface area contributed by atoms with Crippen LogP contribution in [-0.4, -0.2) is 59.0 Å². The van der Waals surface area contributed by atoms with Gasteiger partial charge in [0, 0.05) is 33.1 Å². The van der Waals surface area contributed by atoms with Gasteiger partial charge in [0.2, 0.25) is 5.91 Å². The second-order valence-electron chi connectivity index (χ2n) is 4.54. The van der Waals surface area contributed by atoms with E-state index in [2.05, 4.69) is 0 Å². The van der Waals surface area contributed by atoms with E-state index >= 15 is 0 Å². The van der Waals surface area contributed by atoms with Gasteiger partial charge in [0.15, 0.2) is 0 Å². The molecule has 1 saturated heterocycles. The summed E-state index contributed by atoms with van der Waals surface area (Å²) >= 11 is 0. The molecule has 0 aliphatic carbocycles. The molecule has 98 valence electrons. The molecule has 1 rings (SSSR count). The largest absolute Gasteiger partial charge is 0.480 e. The number of carbonyl (C=O) groups excluding carboxylic acids is 1. The third-order valence-electron chi connectivity index (χ3n) is 3.26. The van der Waals surface area contributed by atoms with Crippen molar-refractivity contribution in [3.63, 3.8) is 0 Å². The molecule has 1 atom stereocenters. The molecule has 0 aromatic rings. The molecule has 5 heteroatoms. The van der Waals surface area contributed by atoms with E-state index in [1.165, 1.54) is 0 Å². The Labute approximate surface area is 102 Å². The van der Waals surface area contributed by atoms with E-state index in [0.29, 0.717) is 19.5 Å². The second-order valence-corrected chi connectivity index (χ2v) is 4.54. The summed E-state index contributed by atoms with van der Waals surface area (Å²) < 4.78 is 0. The van der Waals surface area contributed by atoms with Crippen LogP contribution < -0.4 is 0 Å². The van der Waals surface area contributed by atoms with Crippen molar-refractivity contribution in [1.82, 2.24) is 9.80 Å². The fourth-order valence-corrected chi connectivity index (χ4v) is 2.30. The van der Waals surface area contributed by atoms with Gasteiger partial charge >= 0.3 is 5.97 Å². The number of aliphatic carboxylic acids is 1. The third-order valence-corrected chi connectivity index (χ3v) is 3.26. The Morgan fingerprint density at radius 1 is 1.24 bits per heavy atom. The third kappa shape index (κ3) is 4.00. The smallest absolute Gasteiger partial charge is 0.320 e. The predicted molar refractivity (Wildman–Crippen MR) is 64.8 cm³/mol. The minimum atomic E-state index is -0.747. The molecule has 5 nitrogen and oxygen atoms in total. The number of carboxylic acids is 1. The Morgan fingerprint density at radius 3 is 2.47 bits per heavy atom. The van der Waals surface area contributed by atoms with Crippen molar-refractivity contribution in [3.8, 4) is 0 Å². The number of amides is 1. The van der Waals surface area contributed by atoms with Crippen LogP contribution in [-0.2, 0) is 9.59 Å². The van der Waals surface area contributed by atoms with Crippen molar-refractivity contribution in [3.05, 3.63) is 0 Å². The van der Waals surface area contributed by atoms with Crippen LogP contribution in [0.2, 0.25) is 0 Å². The molecular weight excluding hydrogens is 220 g/mol. The molecule has 1 amide bonds. The zero-order valence-electron chi connectivity index (χ0n) is 10.7. The molecule has 17 heavy (non-hydrogen) atoms. The minimum Gasteiger partial charge on any atom is -0.480 e. The molecule has 1 aliphatic heterocycles. The second kappa shape index (κ2) is 6.59. The number of hydrogen-bond donors (Lipinski definition) is 1. The monoisotopic (exact) mass is 242 g/mol. The lowest BCUT2D eigenvalue weighted by molar-refractivity contribution is -0.143. The van der Waals surface area contributed by atoms with Crippen molar-refractivity contribution in [2.45, 2.75) is 39.2 Å². The lowest BCUT2D eigenvalue weighted by atomic mass is 10.1. The Balaban J connectivity index is 2.59. The quantitative estimate of drug-likeness (QED) is 0.792. The van der Waals surface area contributed by atoms with Crippen molar-refractivity contribution < 1.29 is 14.7 Å². The number of nitrogens with zero attached hydrogens (tertiary/aromatic N) is 2. The Bertz CT molecular complexity index is 281. The number of carbonyl (C=O) groups is 2. The zero-order valence-corrected chi connectivity index (χ0v) is 10.7. The summed E-state index contributed by atoms with van der Waals surface area (Å²) in [6.45, 7) is 6.37. The van der Waals surface area contributed by atoms with Crippen LogP contribution in [0.4, 0.5) is 0 Å². The maximum absolute atomic E-state index is 11.3. The van der Waals surface area contributed by atoms with Gasteiger partial charge in [-0.2, -0.15) is 0 Å². The molecular formula is C12H22N2O3. The van der Waals surface area contributed by atoms with Crippen LogP contribution in [0.1, 0.15) is 33.1 Å². The number of carboxylic acid groups (broad SMARTS) is 1. The van der Waals surface area contributed by atoms with Gasteiger partial charge in [-0.25, -0.2) is 0 Å². The van der Waals surface area contributed by atoms with Crippen molar-refractivity contribution in [2.75, 3.05) is 26.2 Å². The Hall–Kier alpha value is -1.10. The Kier molecular flexibility index (Phi) is 5.41. The summed E-state index contributed by atoms with van der Waals surface area (Å²) in [6.07, 6.45) is 2.40. The van der Waals surface area contributed by atoms with E-state index in [4.69, 9.17) is 0 Å². The molecule has 1 fully saturated rings. The minimum absolute atomic E-state index is 0.0780. The van der Waals surface area contributed by atoms with Gasteiger partial charge < -0.3 is 10.0 Å². The Morgan fingerprint density at radius 2 is 1.94 bits per heavy atom. The van der Waals surface area contributed by atoms with Gasteiger partial charge in [-0.05, 0) is 12.8 Å². The van der Waals surface area contributed by atoms with Gasteiger partial charge in [-0.15, -0.1) is 0 Å². The van der Waals surface area contributed by atoms with Crippen LogP contribution in [0.15, 0.2) is 0 Å². The highest BCUT2D eigenvalue weighted by molar-refractivity contribution is 5.74. The highest BCUT2D eigenvalue weighted by Gasteiger charge is 2.26. The summed E-state index contributed by atoms with van der Waals surface area (Å²) in [5, 5.41) is 9.20. The topological polar surface area (TPSA) is 60.9 Å². The van der Waals surface area contributed by atoms with Crippen LogP contribution in [0.25, 0.3) is 0 Å². The molecule has 0 bridgehead atoms. The number of rotatable bonds is 4. The first kappa shape index (κ1) is 14.0. The maximum atomic E-state index is 11.3. The van der Waals surface area contributed by atoms with Gasteiger partial charge in [-0.1, -0.05) is 13.3 Å². The highest BCUT2D eigenvalue weighted by atomic mass is 16.4. The molecule has 0 saturated carbocycles. The van der Waals surface area contributed by atoms with E-state index in [0.717, 1.165) is 25.9 Å². The van der Waals surface area contributed by atoms with E-state index in [1.807, 2.05) is 11.8 Å². The van der Waals surface area contributed by atoms with E-state index < -0.39 is 12.0 Å². The van der Waals surface area contributed by atoms with Gasteiger partial charge in [-0.3, -0.25) is 14.5 Å². The van der Waals surface area contributed by atoms with Crippen molar-refractivity contribution in [2.24, 2.45) is 0 Å². The molecule has 0 aromatic carbocycles. The SMILES string of the molecule is CCCC(C(=O)O)N1CCCN(C(C)=O)CC1. The van der Waals surface area contributed by atoms with Crippen molar-refractivity contribution >= 4 is 11.9 Å². The molecule has 1 aliphatic rings. The van der Waals surface area contributed by atoms with Gasteiger partial charge in [0.25, 0.3) is 0 Å². The molecule has 1 unspecified atom stereocenters. The number of hydrogen-bond acceptors (Lipinski definition) is 3. The summed E-state index contributed by atoms with van der Waals surface area (Å²) in [7, 11) is 0. The fourth-order valence-electron chi connectivity index (χ4n) is 2.30. The summed E-state index contributed by atoms with van der Waals surface area (Å²) in [6, 6.07) is -0.396. The van der Waals surface area contributed by atoms with Crippen molar-refractivity contribution in [1.29, 1.82) is 0 Å². The lowest BCUT2D eigenvalue weighted by Crippen LogP contribution is -2.43. The highest BCUT2D eigenvalue weighted by Crippen LogP contribution is 2.12.